The van der Waals surface area contributed by atoms with E-state index in [1.807, 2.05) is 36.1 Å². The molecule has 1 saturated heterocycles. The Morgan fingerprint density at radius 2 is 1.92 bits per heavy atom. The molecule has 0 atom stereocenters. The van der Waals surface area contributed by atoms with Gasteiger partial charge < -0.3 is 15.1 Å². The van der Waals surface area contributed by atoms with Crippen LogP contribution in [0.2, 0.25) is 0 Å². The van der Waals surface area contributed by atoms with Crippen molar-refractivity contribution in [3.8, 4) is 0 Å². The molecule has 1 fully saturated rings. The third kappa shape index (κ3) is 4.32. The fourth-order valence-electron chi connectivity index (χ4n) is 2.74. The molecule has 0 aliphatic carbocycles. The molecule has 1 aliphatic rings. The van der Waals surface area contributed by atoms with Crippen LogP contribution in [0.1, 0.15) is 21.5 Å². The van der Waals surface area contributed by atoms with Gasteiger partial charge in [-0.1, -0.05) is 29.8 Å². The van der Waals surface area contributed by atoms with Crippen LogP contribution in [0.3, 0.4) is 0 Å². The van der Waals surface area contributed by atoms with Crippen LogP contribution >= 0.6 is 0 Å². The molecule has 1 aromatic heterocycles. The maximum Gasteiger partial charge on any atom is 0.254 e. The summed E-state index contributed by atoms with van der Waals surface area (Å²) in [7, 11) is 0. The number of hydrogen-bond donors (Lipinski definition) is 1. The number of rotatable bonds is 5. The van der Waals surface area contributed by atoms with Crippen molar-refractivity contribution in [1.29, 1.82) is 0 Å². The van der Waals surface area contributed by atoms with Gasteiger partial charge in [-0.25, -0.2) is 9.97 Å². The van der Waals surface area contributed by atoms with E-state index in [0.29, 0.717) is 44.2 Å². The number of nitrogens with one attached hydrogen (secondary N) is 1. The molecule has 0 radical (unpaired) electrons. The first-order chi connectivity index (χ1) is 12.2. The van der Waals surface area contributed by atoms with Gasteiger partial charge in [-0.2, -0.15) is 0 Å². The molecule has 0 unspecified atom stereocenters. The summed E-state index contributed by atoms with van der Waals surface area (Å²) in [5.74, 6) is 0.389. The van der Waals surface area contributed by atoms with E-state index in [4.69, 9.17) is 0 Å². The van der Waals surface area contributed by atoms with Gasteiger partial charge in [0.05, 0.1) is 5.56 Å². The summed E-state index contributed by atoms with van der Waals surface area (Å²) in [6, 6.07) is 8.01. The van der Waals surface area contributed by atoms with E-state index in [-0.39, 0.29) is 5.91 Å². The molecule has 130 valence electrons. The van der Waals surface area contributed by atoms with Gasteiger partial charge >= 0.3 is 0 Å². The van der Waals surface area contributed by atoms with Crippen LogP contribution in [-0.4, -0.2) is 53.4 Å². The second kappa shape index (κ2) is 7.74. The lowest BCUT2D eigenvalue weighted by molar-refractivity contribution is -0.118. The van der Waals surface area contributed by atoms with Crippen molar-refractivity contribution in [2.45, 2.75) is 13.5 Å². The Hall–Kier alpha value is -2.96. The fourth-order valence-corrected chi connectivity index (χ4v) is 2.74. The van der Waals surface area contributed by atoms with Crippen LogP contribution in [0.25, 0.3) is 0 Å². The van der Waals surface area contributed by atoms with E-state index in [9.17, 15) is 9.59 Å². The van der Waals surface area contributed by atoms with Gasteiger partial charge in [0.1, 0.15) is 0 Å². The van der Waals surface area contributed by atoms with E-state index < -0.39 is 0 Å². The predicted molar refractivity (Wildman–Crippen MR) is 94.2 cm³/mol. The van der Waals surface area contributed by atoms with Gasteiger partial charge in [0.15, 0.2) is 0 Å². The number of carbonyl (C=O) groups excluding carboxylic acids is 2. The Kier molecular flexibility index (Phi) is 5.23. The van der Waals surface area contributed by atoms with E-state index in [1.165, 1.54) is 0 Å². The highest BCUT2D eigenvalue weighted by molar-refractivity contribution is 5.93. The zero-order valence-corrected chi connectivity index (χ0v) is 14.2. The molecular formula is C18H21N5O2. The van der Waals surface area contributed by atoms with Crippen molar-refractivity contribution in [3.05, 3.63) is 53.3 Å². The molecule has 2 aromatic rings. The molecule has 1 aromatic carbocycles. The quantitative estimate of drug-likeness (QED) is 0.822. The number of aryl methyl sites for hydroxylation is 1. The monoisotopic (exact) mass is 339 g/mol. The van der Waals surface area contributed by atoms with Gasteiger partial charge in [0, 0.05) is 45.1 Å². The summed E-state index contributed by atoms with van der Waals surface area (Å²) in [5, 5.41) is 2.88. The Morgan fingerprint density at radius 3 is 2.56 bits per heavy atom. The third-order valence-corrected chi connectivity index (χ3v) is 4.18. The van der Waals surface area contributed by atoms with Crippen molar-refractivity contribution in [2.75, 3.05) is 31.1 Å². The van der Waals surface area contributed by atoms with Gasteiger partial charge in [0.2, 0.25) is 12.4 Å². The standard InChI is InChI=1S/C18H21N5O2/c1-14-3-2-4-15(9-14)10-19-17(25)16-11-20-18(21-12-16)23-7-5-22(13-24)6-8-23/h2-4,9,11-13H,5-8,10H2,1H3,(H,19,25). The number of piperazine rings is 1. The molecule has 0 saturated carbocycles. The van der Waals surface area contributed by atoms with Gasteiger partial charge in [-0.05, 0) is 12.5 Å². The number of benzene rings is 1. The van der Waals surface area contributed by atoms with E-state index >= 15 is 0 Å². The number of amides is 2. The maximum absolute atomic E-state index is 12.2. The molecule has 2 heterocycles. The molecule has 0 spiro atoms. The molecule has 3 rings (SSSR count). The summed E-state index contributed by atoms with van der Waals surface area (Å²) in [4.78, 5) is 35.3. The molecule has 7 nitrogen and oxygen atoms in total. The van der Waals surface area contributed by atoms with E-state index in [2.05, 4.69) is 15.3 Å². The Balaban J connectivity index is 1.56. The zero-order chi connectivity index (χ0) is 17.6. The van der Waals surface area contributed by atoms with Crippen LogP contribution in [0.15, 0.2) is 36.7 Å². The van der Waals surface area contributed by atoms with Crippen LogP contribution < -0.4 is 10.2 Å². The van der Waals surface area contributed by atoms with Crippen LogP contribution in [0.5, 0.6) is 0 Å². The first kappa shape index (κ1) is 16.9. The molecule has 1 aliphatic heterocycles. The first-order valence-electron chi connectivity index (χ1n) is 8.26. The minimum atomic E-state index is -0.196. The highest BCUT2D eigenvalue weighted by Crippen LogP contribution is 2.10. The molecule has 25 heavy (non-hydrogen) atoms. The topological polar surface area (TPSA) is 78.4 Å². The van der Waals surface area contributed by atoms with Crippen LogP contribution in [-0.2, 0) is 11.3 Å². The summed E-state index contributed by atoms with van der Waals surface area (Å²) in [6.07, 6.45) is 3.94. The van der Waals surface area contributed by atoms with Gasteiger partial charge in [-0.3, -0.25) is 9.59 Å². The maximum atomic E-state index is 12.2. The number of nitrogens with zero attached hydrogens (tertiary/aromatic N) is 4. The van der Waals surface area contributed by atoms with Gasteiger partial charge in [-0.15, -0.1) is 0 Å². The highest BCUT2D eigenvalue weighted by Gasteiger charge is 2.18. The predicted octanol–water partition coefficient (Wildman–Crippen LogP) is 0.993. The van der Waals surface area contributed by atoms with Gasteiger partial charge in [0.25, 0.3) is 5.91 Å². The van der Waals surface area contributed by atoms with Crippen molar-refractivity contribution < 1.29 is 9.59 Å². The van der Waals surface area contributed by atoms with Crippen LogP contribution in [0, 0.1) is 6.92 Å². The Morgan fingerprint density at radius 1 is 1.20 bits per heavy atom. The Bertz CT molecular complexity index is 739. The zero-order valence-electron chi connectivity index (χ0n) is 14.2. The Labute approximate surface area is 146 Å². The SMILES string of the molecule is Cc1cccc(CNC(=O)c2cnc(N3CCN(C=O)CC3)nc2)c1. The number of hydrogen-bond acceptors (Lipinski definition) is 5. The average molecular weight is 339 g/mol. The summed E-state index contributed by atoms with van der Waals surface area (Å²) >= 11 is 0. The summed E-state index contributed by atoms with van der Waals surface area (Å²) in [5.41, 5.74) is 2.65. The molecular weight excluding hydrogens is 318 g/mol. The minimum Gasteiger partial charge on any atom is -0.348 e. The first-order valence-corrected chi connectivity index (χ1v) is 8.26. The van der Waals surface area contributed by atoms with Crippen molar-refractivity contribution in [3.63, 3.8) is 0 Å². The fraction of sp³-hybridized carbons (Fsp3) is 0.333. The van der Waals surface area contributed by atoms with E-state index in [0.717, 1.165) is 17.5 Å². The molecule has 2 amide bonds. The third-order valence-electron chi connectivity index (χ3n) is 4.18. The van der Waals surface area contributed by atoms with Crippen LogP contribution in [0.4, 0.5) is 5.95 Å². The van der Waals surface area contributed by atoms with E-state index in [1.54, 1.807) is 17.3 Å². The van der Waals surface area contributed by atoms with Crippen molar-refractivity contribution in [1.82, 2.24) is 20.2 Å². The minimum absolute atomic E-state index is 0.196. The lowest BCUT2D eigenvalue weighted by Crippen LogP contribution is -2.46. The largest absolute Gasteiger partial charge is 0.348 e. The summed E-state index contributed by atoms with van der Waals surface area (Å²) < 4.78 is 0. The molecule has 0 bridgehead atoms. The number of anilines is 1. The molecule has 1 N–H and O–H groups in total. The van der Waals surface area contributed by atoms with Crippen molar-refractivity contribution >= 4 is 18.3 Å². The summed E-state index contributed by atoms with van der Waals surface area (Å²) in [6.45, 7) is 5.19. The molecule has 7 heteroatoms. The number of carbonyl (C=O) groups is 2. The highest BCUT2D eigenvalue weighted by atomic mass is 16.1. The number of aromatic nitrogens is 2. The second-order valence-electron chi connectivity index (χ2n) is 6.07. The smallest absolute Gasteiger partial charge is 0.254 e. The second-order valence-corrected chi connectivity index (χ2v) is 6.07. The lowest BCUT2D eigenvalue weighted by Gasteiger charge is -2.32. The average Bonchev–Trinajstić information content (AvgIpc) is 2.66. The normalized spacial score (nSPS) is 14.3. The van der Waals surface area contributed by atoms with Crippen molar-refractivity contribution in [2.24, 2.45) is 0 Å². The lowest BCUT2D eigenvalue weighted by atomic mass is 10.1.